The summed E-state index contributed by atoms with van der Waals surface area (Å²) in [6, 6.07) is 7.50. The van der Waals surface area contributed by atoms with Crippen LogP contribution in [0.4, 0.5) is 0 Å². The monoisotopic (exact) mass is 338 g/mol. The summed E-state index contributed by atoms with van der Waals surface area (Å²) in [5.41, 5.74) is 1.77. The summed E-state index contributed by atoms with van der Waals surface area (Å²) in [5.74, 6) is 0.237. The van der Waals surface area contributed by atoms with E-state index in [1.807, 2.05) is 38.4 Å². The van der Waals surface area contributed by atoms with Gasteiger partial charge in [-0.3, -0.25) is 10.2 Å². The van der Waals surface area contributed by atoms with E-state index in [2.05, 4.69) is 0 Å². The van der Waals surface area contributed by atoms with E-state index in [1.165, 1.54) is 4.31 Å². The largest absolute Gasteiger partial charge is 0.363 e. The van der Waals surface area contributed by atoms with Gasteiger partial charge in [0.1, 0.15) is 5.84 Å². The molecular formula is C15H22N4O3S. The zero-order valence-corrected chi connectivity index (χ0v) is 14.4. The van der Waals surface area contributed by atoms with Crippen molar-refractivity contribution in [1.29, 1.82) is 5.41 Å². The minimum absolute atomic E-state index is 0.0950. The Balaban J connectivity index is 2.01. The van der Waals surface area contributed by atoms with Gasteiger partial charge in [0.05, 0.1) is 12.8 Å². The summed E-state index contributed by atoms with van der Waals surface area (Å²) in [4.78, 5) is 15.5. The fraction of sp³-hybridized carbons (Fsp3) is 0.467. The number of nitrogens with zero attached hydrogens (tertiary/aromatic N) is 3. The van der Waals surface area contributed by atoms with Crippen molar-refractivity contribution in [3.8, 4) is 0 Å². The second-order valence-corrected chi connectivity index (χ2v) is 7.83. The van der Waals surface area contributed by atoms with Crippen LogP contribution in [0.15, 0.2) is 24.3 Å². The van der Waals surface area contributed by atoms with E-state index >= 15 is 0 Å². The zero-order valence-electron chi connectivity index (χ0n) is 13.6. The van der Waals surface area contributed by atoms with Gasteiger partial charge in [0.2, 0.25) is 15.9 Å². The standard InChI is InChI=1S/C15H22N4O3S/c1-17(2)15(16)13-6-4-12(5-7-13)10-18-8-9-19(11-14(18)20)23(3,21)22/h4-7,16H,8-11H2,1-3H3. The Bertz CT molecular complexity index is 698. The van der Waals surface area contributed by atoms with Gasteiger partial charge in [0.25, 0.3) is 0 Å². The molecule has 0 bridgehead atoms. The van der Waals surface area contributed by atoms with Crippen molar-refractivity contribution in [1.82, 2.24) is 14.1 Å². The first-order valence-corrected chi connectivity index (χ1v) is 9.11. The van der Waals surface area contributed by atoms with Crippen LogP contribution in [-0.4, -0.2) is 74.3 Å². The van der Waals surface area contributed by atoms with E-state index in [-0.39, 0.29) is 12.5 Å². The summed E-state index contributed by atoms with van der Waals surface area (Å²) in [5, 5.41) is 7.92. The summed E-state index contributed by atoms with van der Waals surface area (Å²) in [7, 11) is 0.310. The Labute approximate surface area is 137 Å². The molecule has 2 rings (SSSR count). The fourth-order valence-electron chi connectivity index (χ4n) is 2.38. The lowest BCUT2D eigenvalue weighted by molar-refractivity contribution is -0.134. The topological polar surface area (TPSA) is 84.8 Å². The highest BCUT2D eigenvalue weighted by Gasteiger charge is 2.28. The molecule has 0 atom stereocenters. The van der Waals surface area contributed by atoms with Crippen LogP contribution in [0.5, 0.6) is 0 Å². The predicted molar refractivity (Wildman–Crippen MR) is 88.8 cm³/mol. The molecule has 0 aliphatic carbocycles. The van der Waals surface area contributed by atoms with Gasteiger partial charge >= 0.3 is 0 Å². The van der Waals surface area contributed by atoms with Crippen molar-refractivity contribution in [2.75, 3.05) is 40.0 Å². The Hall–Kier alpha value is -1.93. The molecule has 0 radical (unpaired) electrons. The summed E-state index contributed by atoms with van der Waals surface area (Å²) >= 11 is 0. The van der Waals surface area contributed by atoms with Gasteiger partial charge in [-0.15, -0.1) is 0 Å². The Morgan fingerprint density at radius 2 is 1.83 bits per heavy atom. The number of carbonyl (C=O) groups excluding carboxylic acids is 1. The third-order valence-corrected chi connectivity index (χ3v) is 5.05. The SMILES string of the molecule is CN(C)C(=N)c1ccc(CN2CCN(S(C)(=O)=O)CC2=O)cc1. The first-order chi connectivity index (χ1) is 10.7. The number of hydrogen-bond donors (Lipinski definition) is 1. The fourth-order valence-corrected chi connectivity index (χ4v) is 3.14. The molecule has 1 heterocycles. The minimum atomic E-state index is -3.32. The highest BCUT2D eigenvalue weighted by Crippen LogP contribution is 2.13. The number of rotatable bonds is 4. The summed E-state index contributed by atoms with van der Waals surface area (Å²) < 4.78 is 24.2. The molecule has 0 unspecified atom stereocenters. The first kappa shape index (κ1) is 17.4. The lowest BCUT2D eigenvalue weighted by Crippen LogP contribution is -2.51. The average Bonchev–Trinajstić information content (AvgIpc) is 2.48. The van der Waals surface area contributed by atoms with Gasteiger partial charge in [0, 0.05) is 39.3 Å². The third kappa shape index (κ3) is 4.29. The van der Waals surface area contributed by atoms with Crippen LogP contribution in [-0.2, 0) is 21.4 Å². The molecule has 8 heteroatoms. The van der Waals surface area contributed by atoms with Crippen LogP contribution in [0.1, 0.15) is 11.1 Å². The lowest BCUT2D eigenvalue weighted by atomic mass is 10.1. The Morgan fingerprint density at radius 3 is 2.30 bits per heavy atom. The third-order valence-electron chi connectivity index (χ3n) is 3.80. The van der Waals surface area contributed by atoms with Gasteiger partial charge < -0.3 is 9.80 Å². The molecule has 1 N–H and O–H groups in total. The van der Waals surface area contributed by atoms with Crippen LogP contribution in [0, 0.1) is 5.41 Å². The van der Waals surface area contributed by atoms with Crippen LogP contribution in [0.2, 0.25) is 0 Å². The highest BCUT2D eigenvalue weighted by molar-refractivity contribution is 7.88. The smallest absolute Gasteiger partial charge is 0.238 e. The van der Waals surface area contributed by atoms with Gasteiger partial charge in [-0.25, -0.2) is 8.42 Å². The van der Waals surface area contributed by atoms with Crippen molar-refractivity contribution in [2.24, 2.45) is 0 Å². The lowest BCUT2D eigenvalue weighted by Gasteiger charge is -2.33. The molecule has 1 fully saturated rings. The molecular weight excluding hydrogens is 316 g/mol. The van der Waals surface area contributed by atoms with Crippen LogP contribution >= 0.6 is 0 Å². The second-order valence-electron chi connectivity index (χ2n) is 5.85. The van der Waals surface area contributed by atoms with E-state index in [0.29, 0.717) is 25.5 Å². The van der Waals surface area contributed by atoms with Gasteiger partial charge in [0.15, 0.2) is 0 Å². The van der Waals surface area contributed by atoms with Crippen LogP contribution < -0.4 is 0 Å². The number of piperazine rings is 1. The highest BCUT2D eigenvalue weighted by atomic mass is 32.2. The number of amides is 1. The maximum Gasteiger partial charge on any atom is 0.238 e. The molecule has 0 spiro atoms. The van der Waals surface area contributed by atoms with Crippen molar-refractivity contribution < 1.29 is 13.2 Å². The molecule has 1 saturated heterocycles. The molecule has 7 nitrogen and oxygen atoms in total. The number of sulfonamides is 1. The number of nitrogens with one attached hydrogen (secondary N) is 1. The Morgan fingerprint density at radius 1 is 1.22 bits per heavy atom. The van der Waals surface area contributed by atoms with Crippen molar-refractivity contribution >= 4 is 21.8 Å². The van der Waals surface area contributed by atoms with E-state index < -0.39 is 10.0 Å². The van der Waals surface area contributed by atoms with Gasteiger partial charge in [-0.05, 0) is 5.56 Å². The molecule has 126 valence electrons. The number of amidine groups is 1. The molecule has 1 aliphatic heterocycles. The number of hydrogen-bond acceptors (Lipinski definition) is 4. The molecule has 1 amide bonds. The number of carbonyl (C=O) groups is 1. The molecule has 23 heavy (non-hydrogen) atoms. The van der Waals surface area contributed by atoms with E-state index in [0.717, 1.165) is 17.4 Å². The van der Waals surface area contributed by atoms with E-state index in [9.17, 15) is 13.2 Å². The first-order valence-electron chi connectivity index (χ1n) is 7.26. The van der Waals surface area contributed by atoms with Gasteiger partial charge in [-0.1, -0.05) is 24.3 Å². The quantitative estimate of drug-likeness (QED) is 0.627. The van der Waals surface area contributed by atoms with Gasteiger partial charge in [-0.2, -0.15) is 4.31 Å². The van der Waals surface area contributed by atoms with Crippen molar-refractivity contribution in [3.05, 3.63) is 35.4 Å². The van der Waals surface area contributed by atoms with Crippen LogP contribution in [0.3, 0.4) is 0 Å². The summed E-state index contributed by atoms with van der Waals surface area (Å²) in [6.07, 6.45) is 1.12. The second kappa shape index (κ2) is 6.67. The molecule has 0 aromatic heterocycles. The minimum Gasteiger partial charge on any atom is -0.363 e. The van der Waals surface area contributed by atoms with Crippen molar-refractivity contribution in [3.63, 3.8) is 0 Å². The van der Waals surface area contributed by atoms with E-state index in [1.54, 1.807) is 9.80 Å². The van der Waals surface area contributed by atoms with E-state index in [4.69, 9.17) is 5.41 Å². The molecule has 1 aromatic rings. The predicted octanol–water partition coefficient (Wildman–Crippen LogP) is 0.177. The molecule has 1 aromatic carbocycles. The zero-order chi connectivity index (χ0) is 17.2. The maximum atomic E-state index is 12.1. The average molecular weight is 338 g/mol. The Kier molecular flexibility index (Phi) is 5.06. The number of benzene rings is 1. The molecule has 0 saturated carbocycles. The van der Waals surface area contributed by atoms with Crippen molar-refractivity contribution in [2.45, 2.75) is 6.54 Å². The summed E-state index contributed by atoms with van der Waals surface area (Å²) in [6.45, 7) is 1.07. The normalized spacial score (nSPS) is 16.5. The maximum absolute atomic E-state index is 12.1. The van der Waals surface area contributed by atoms with Crippen LogP contribution in [0.25, 0.3) is 0 Å². The molecule has 1 aliphatic rings.